The summed E-state index contributed by atoms with van der Waals surface area (Å²) in [7, 11) is 0. The number of aromatic nitrogens is 5. The highest BCUT2D eigenvalue weighted by atomic mass is 35.5. The molecule has 2 heterocycles. The standard InChI is InChI=1S/C21H19ClN6O2S/c1-13-6-5-9-15(22)19(13)24-17(29)10-11-18-23-16(28-30-18)12-31-21-25-20(26-27-21)14-7-3-2-4-8-14/h2-9H,10-12H2,1H3,(H,24,29)(H,25,26,27). The first-order chi connectivity index (χ1) is 15.1. The predicted molar refractivity (Wildman–Crippen MR) is 119 cm³/mol. The van der Waals surface area contributed by atoms with Crippen molar-refractivity contribution in [3.8, 4) is 11.4 Å². The summed E-state index contributed by atoms with van der Waals surface area (Å²) in [4.78, 5) is 21.0. The third kappa shape index (κ3) is 5.50. The molecule has 2 N–H and O–H groups in total. The number of carbonyl (C=O) groups excluding carboxylic acids is 1. The van der Waals surface area contributed by atoms with Gasteiger partial charge in [-0.1, -0.05) is 71.0 Å². The van der Waals surface area contributed by atoms with E-state index in [0.29, 0.717) is 45.6 Å². The fourth-order valence-electron chi connectivity index (χ4n) is 2.83. The Morgan fingerprint density at radius 1 is 1.16 bits per heavy atom. The van der Waals surface area contributed by atoms with Gasteiger partial charge in [0.15, 0.2) is 11.6 Å². The second-order valence-corrected chi connectivity index (χ2v) is 8.06. The fraction of sp³-hybridized carbons (Fsp3) is 0.190. The van der Waals surface area contributed by atoms with E-state index in [9.17, 15) is 4.79 Å². The molecule has 31 heavy (non-hydrogen) atoms. The number of anilines is 1. The maximum atomic E-state index is 12.2. The number of aromatic amines is 1. The molecule has 0 aliphatic carbocycles. The first-order valence-electron chi connectivity index (χ1n) is 9.55. The Morgan fingerprint density at radius 2 is 2.00 bits per heavy atom. The van der Waals surface area contributed by atoms with E-state index in [-0.39, 0.29) is 12.3 Å². The predicted octanol–water partition coefficient (Wildman–Crippen LogP) is 4.68. The fourth-order valence-corrected chi connectivity index (χ4v) is 3.74. The lowest BCUT2D eigenvalue weighted by Crippen LogP contribution is -2.13. The van der Waals surface area contributed by atoms with Gasteiger partial charge in [0.05, 0.1) is 16.5 Å². The molecule has 0 radical (unpaired) electrons. The van der Waals surface area contributed by atoms with E-state index in [1.807, 2.05) is 49.4 Å². The van der Waals surface area contributed by atoms with Crippen molar-refractivity contribution in [3.05, 3.63) is 70.8 Å². The molecule has 0 bridgehead atoms. The van der Waals surface area contributed by atoms with E-state index in [1.165, 1.54) is 11.8 Å². The second kappa shape index (κ2) is 9.76. The van der Waals surface area contributed by atoms with Gasteiger partial charge in [0, 0.05) is 18.4 Å². The van der Waals surface area contributed by atoms with E-state index in [1.54, 1.807) is 6.07 Å². The Bertz CT molecular complexity index is 1160. The van der Waals surface area contributed by atoms with Gasteiger partial charge in [-0.25, -0.2) is 4.98 Å². The molecule has 0 atom stereocenters. The number of hydrogen-bond donors (Lipinski definition) is 2. The highest BCUT2D eigenvalue weighted by molar-refractivity contribution is 7.98. The molecule has 0 aliphatic heterocycles. The molecule has 158 valence electrons. The Kier molecular flexibility index (Phi) is 6.63. The summed E-state index contributed by atoms with van der Waals surface area (Å²) in [6.45, 7) is 1.89. The SMILES string of the molecule is Cc1cccc(Cl)c1NC(=O)CCc1nc(CSc2n[nH]c(-c3ccccc3)n2)no1. The van der Waals surface area contributed by atoms with Crippen molar-refractivity contribution in [1.82, 2.24) is 25.3 Å². The zero-order chi connectivity index (χ0) is 21.6. The summed E-state index contributed by atoms with van der Waals surface area (Å²) in [6, 6.07) is 15.2. The smallest absolute Gasteiger partial charge is 0.227 e. The van der Waals surface area contributed by atoms with Gasteiger partial charge < -0.3 is 9.84 Å². The minimum Gasteiger partial charge on any atom is -0.339 e. The van der Waals surface area contributed by atoms with Crippen LogP contribution in [0.4, 0.5) is 5.69 Å². The van der Waals surface area contributed by atoms with Gasteiger partial charge in [-0.3, -0.25) is 9.89 Å². The van der Waals surface area contributed by atoms with Crippen LogP contribution in [0.25, 0.3) is 11.4 Å². The number of H-pyrrole nitrogens is 1. The van der Waals surface area contributed by atoms with Crippen LogP contribution in [0.15, 0.2) is 58.2 Å². The molecule has 8 nitrogen and oxygen atoms in total. The van der Waals surface area contributed by atoms with Crippen LogP contribution in [-0.2, 0) is 17.0 Å². The minimum atomic E-state index is -0.167. The van der Waals surface area contributed by atoms with Crippen molar-refractivity contribution in [2.75, 3.05) is 5.32 Å². The molecule has 0 fully saturated rings. The zero-order valence-corrected chi connectivity index (χ0v) is 18.2. The number of amides is 1. The Balaban J connectivity index is 1.27. The quantitative estimate of drug-likeness (QED) is 0.372. The molecule has 4 rings (SSSR count). The summed E-state index contributed by atoms with van der Waals surface area (Å²) in [5, 5.41) is 15.0. The van der Waals surface area contributed by atoms with Crippen molar-refractivity contribution in [1.29, 1.82) is 0 Å². The van der Waals surface area contributed by atoms with E-state index in [0.717, 1.165) is 11.1 Å². The van der Waals surface area contributed by atoms with Gasteiger partial charge in [-0.05, 0) is 18.6 Å². The molecule has 2 aromatic heterocycles. The summed E-state index contributed by atoms with van der Waals surface area (Å²) < 4.78 is 5.25. The van der Waals surface area contributed by atoms with E-state index < -0.39 is 0 Å². The van der Waals surface area contributed by atoms with Crippen LogP contribution >= 0.6 is 23.4 Å². The molecule has 0 unspecified atom stereocenters. The Hall–Kier alpha value is -3.17. The molecular weight excluding hydrogens is 436 g/mol. The molecule has 0 saturated heterocycles. The second-order valence-electron chi connectivity index (χ2n) is 6.71. The first-order valence-corrected chi connectivity index (χ1v) is 10.9. The average Bonchev–Trinajstić information content (AvgIpc) is 3.44. The van der Waals surface area contributed by atoms with Crippen molar-refractivity contribution >= 4 is 35.0 Å². The first kappa shape index (κ1) is 21.1. The van der Waals surface area contributed by atoms with Crippen LogP contribution in [-0.4, -0.2) is 31.2 Å². The number of rotatable bonds is 8. The van der Waals surface area contributed by atoms with Gasteiger partial charge in [-0.2, -0.15) is 4.98 Å². The van der Waals surface area contributed by atoms with Gasteiger partial charge in [0.2, 0.25) is 17.0 Å². The number of nitrogens with zero attached hydrogens (tertiary/aromatic N) is 4. The molecule has 0 spiro atoms. The lowest BCUT2D eigenvalue weighted by Gasteiger charge is -2.09. The summed E-state index contributed by atoms with van der Waals surface area (Å²) >= 11 is 7.54. The zero-order valence-electron chi connectivity index (χ0n) is 16.6. The third-order valence-corrected chi connectivity index (χ3v) is 5.56. The van der Waals surface area contributed by atoms with Crippen LogP contribution < -0.4 is 5.32 Å². The molecule has 4 aromatic rings. The number of halogens is 1. The molecule has 2 aromatic carbocycles. The van der Waals surface area contributed by atoms with Crippen LogP contribution in [0.1, 0.15) is 23.7 Å². The normalized spacial score (nSPS) is 10.9. The number of carbonyl (C=O) groups is 1. The Morgan fingerprint density at radius 3 is 2.81 bits per heavy atom. The largest absolute Gasteiger partial charge is 0.339 e. The Labute approximate surface area is 187 Å². The van der Waals surface area contributed by atoms with Crippen molar-refractivity contribution in [2.24, 2.45) is 0 Å². The monoisotopic (exact) mass is 454 g/mol. The number of aryl methyl sites for hydroxylation is 2. The highest BCUT2D eigenvalue weighted by Crippen LogP contribution is 2.25. The van der Waals surface area contributed by atoms with Gasteiger partial charge in [-0.15, -0.1) is 5.10 Å². The lowest BCUT2D eigenvalue weighted by atomic mass is 10.2. The third-order valence-electron chi connectivity index (χ3n) is 4.40. The summed E-state index contributed by atoms with van der Waals surface area (Å²) in [5.74, 6) is 1.92. The van der Waals surface area contributed by atoms with Crippen LogP contribution in [0.5, 0.6) is 0 Å². The highest BCUT2D eigenvalue weighted by Gasteiger charge is 2.13. The molecule has 0 aliphatic rings. The lowest BCUT2D eigenvalue weighted by molar-refractivity contribution is -0.116. The van der Waals surface area contributed by atoms with Crippen molar-refractivity contribution in [3.63, 3.8) is 0 Å². The molecular formula is C21H19ClN6O2S. The maximum absolute atomic E-state index is 12.2. The van der Waals surface area contributed by atoms with E-state index >= 15 is 0 Å². The number of thioether (sulfide) groups is 1. The molecule has 0 saturated carbocycles. The average molecular weight is 455 g/mol. The number of nitrogens with one attached hydrogen (secondary N) is 2. The van der Waals surface area contributed by atoms with Crippen molar-refractivity contribution in [2.45, 2.75) is 30.7 Å². The van der Waals surface area contributed by atoms with Crippen LogP contribution in [0, 0.1) is 6.92 Å². The van der Waals surface area contributed by atoms with Gasteiger partial charge >= 0.3 is 0 Å². The van der Waals surface area contributed by atoms with E-state index in [4.69, 9.17) is 16.1 Å². The summed E-state index contributed by atoms with van der Waals surface area (Å²) in [5.41, 5.74) is 2.49. The van der Waals surface area contributed by atoms with E-state index in [2.05, 4.69) is 30.6 Å². The van der Waals surface area contributed by atoms with Crippen LogP contribution in [0.2, 0.25) is 5.02 Å². The van der Waals surface area contributed by atoms with Gasteiger partial charge in [0.25, 0.3) is 0 Å². The number of benzene rings is 2. The topological polar surface area (TPSA) is 110 Å². The number of para-hydroxylation sites is 1. The van der Waals surface area contributed by atoms with Crippen molar-refractivity contribution < 1.29 is 9.32 Å². The van der Waals surface area contributed by atoms with Crippen LogP contribution in [0.3, 0.4) is 0 Å². The molecule has 10 heteroatoms. The molecule has 1 amide bonds. The summed E-state index contributed by atoms with van der Waals surface area (Å²) in [6.07, 6.45) is 0.548. The number of hydrogen-bond acceptors (Lipinski definition) is 7. The minimum absolute atomic E-state index is 0.167. The maximum Gasteiger partial charge on any atom is 0.227 e. The van der Waals surface area contributed by atoms with Gasteiger partial charge in [0.1, 0.15) is 0 Å².